The van der Waals surface area contributed by atoms with Crippen molar-refractivity contribution < 1.29 is 4.79 Å². The molecule has 3 aromatic rings. The van der Waals surface area contributed by atoms with Gasteiger partial charge in [0.25, 0.3) is 5.91 Å². The highest BCUT2D eigenvalue weighted by Gasteiger charge is 2.28. The molecule has 32 heavy (non-hydrogen) atoms. The number of likely N-dealkylation sites (tertiary alicyclic amines) is 1. The molecule has 1 aliphatic heterocycles. The summed E-state index contributed by atoms with van der Waals surface area (Å²) < 4.78 is 0. The maximum Gasteiger partial charge on any atom is 0.265 e. The molecule has 4 rings (SSSR count). The van der Waals surface area contributed by atoms with Gasteiger partial charge in [-0.1, -0.05) is 29.8 Å². The van der Waals surface area contributed by atoms with Gasteiger partial charge in [-0.05, 0) is 51.3 Å². The van der Waals surface area contributed by atoms with E-state index < -0.39 is 0 Å². The van der Waals surface area contributed by atoms with Gasteiger partial charge < -0.3 is 9.80 Å². The van der Waals surface area contributed by atoms with Crippen LogP contribution >= 0.6 is 11.3 Å². The van der Waals surface area contributed by atoms with E-state index in [9.17, 15) is 4.79 Å². The molecule has 3 heterocycles. The molecule has 0 unspecified atom stereocenters. The van der Waals surface area contributed by atoms with Crippen molar-refractivity contribution in [1.29, 1.82) is 0 Å². The van der Waals surface area contributed by atoms with Crippen LogP contribution in [0.5, 0.6) is 0 Å². The fraction of sp³-hybridized carbons (Fsp3) is 0.423. The Hall–Kier alpha value is -2.57. The van der Waals surface area contributed by atoms with Crippen molar-refractivity contribution in [3.63, 3.8) is 0 Å². The van der Waals surface area contributed by atoms with E-state index in [2.05, 4.69) is 48.0 Å². The number of hydrogen-bond donors (Lipinski definition) is 0. The van der Waals surface area contributed by atoms with Crippen molar-refractivity contribution in [1.82, 2.24) is 19.8 Å². The van der Waals surface area contributed by atoms with Crippen LogP contribution in [0.4, 0.5) is 0 Å². The standard InChI is InChI=1S/C26H32N4OS/c1-18-8-9-23(19(2)17-18)25-28-20(3)24(32-25)26(31)29(4)22-11-15-30(16-12-22)14-10-21-7-5-6-13-27-21/h5-9,13,17,22H,10-12,14-16H2,1-4H3. The molecule has 0 atom stereocenters. The number of carbonyl (C=O) groups is 1. The molecule has 1 fully saturated rings. The van der Waals surface area contributed by atoms with E-state index in [-0.39, 0.29) is 11.9 Å². The van der Waals surface area contributed by atoms with Crippen LogP contribution in [0.15, 0.2) is 42.6 Å². The molecule has 168 valence electrons. The lowest BCUT2D eigenvalue weighted by Crippen LogP contribution is -2.46. The highest BCUT2D eigenvalue weighted by Crippen LogP contribution is 2.32. The molecular weight excluding hydrogens is 416 g/mol. The Labute approximate surface area is 195 Å². The van der Waals surface area contributed by atoms with Crippen molar-refractivity contribution in [2.75, 3.05) is 26.7 Å². The second-order valence-electron chi connectivity index (χ2n) is 8.81. The zero-order valence-corrected chi connectivity index (χ0v) is 20.3. The van der Waals surface area contributed by atoms with Crippen molar-refractivity contribution in [3.05, 3.63) is 70.0 Å². The highest BCUT2D eigenvalue weighted by molar-refractivity contribution is 7.17. The van der Waals surface area contributed by atoms with E-state index >= 15 is 0 Å². The number of hydrogen-bond acceptors (Lipinski definition) is 5. The number of rotatable bonds is 6. The van der Waals surface area contributed by atoms with Crippen LogP contribution in [-0.4, -0.2) is 58.4 Å². The normalized spacial score (nSPS) is 15.1. The molecule has 0 aliphatic carbocycles. The maximum absolute atomic E-state index is 13.3. The highest BCUT2D eigenvalue weighted by atomic mass is 32.1. The van der Waals surface area contributed by atoms with Crippen LogP contribution in [-0.2, 0) is 6.42 Å². The van der Waals surface area contributed by atoms with Gasteiger partial charge in [0.1, 0.15) is 9.88 Å². The first-order valence-corrected chi connectivity index (χ1v) is 12.2. The van der Waals surface area contributed by atoms with Crippen molar-refractivity contribution in [2.45, 2.75) is 46.1 Å². The number of benzene rings is 1. The van der Waals surface area contributed by atoms with Gasteiger partial charge in [0, 0.05) is 56.6 Å². The van der Waals surface area contributed by atoms with Gasteiger partial charge in [0.15, 0.2) is 0 Å². The van der Waals surface area contributed by atoms with Crippen molar-refractivity contribution >= 4 is 17.2 Å². The molecule has 0 saturated carbocycles. The van der Waals surface area contributed by atoms with Gasteiger partial charge >= 0.3 is 0 Å². The molecule has 5 nitrogen and oxygen atoms in total. The summed E-state index contributed by atoms with van der Waals surface area (Å²) in [5.41, 5.74) is 5.52. The van der Waals surface area contributed by atoms with Gasteiger partial charge in [0.2, 0.25) is 0 Å². The Morgan fingerprint density at radius 3 is 2.62 bits per heavy atom. The maximum atomic E-state index is 13.3. The summed E-state index contributed by atoms with van der Waals surface area (Å²) in [5.74, 6) is 0.1000. The molecule has 0 radical (unpaired) electrons. The summed E-state index contributed by atoms with van der Waals surface area (Å²) in [7, 11) is 1.95. The summed E-state index contributed by atoms with van der Waals surface area (Å²) in [4.78, 5) is 27.7. The minimum atomic E-state index is 0.1000. The average Bonchev–Trinajstić information content (AvgIpc) is 3.19. The minimum Gasteiger partial charge on any atom is -0.338 e. The molecule has 1 aromatic carbocycles. The number of piperidine rings is 1. The van der Waals surface area contributed by atoms with Gasteiger partial charge in [0.05, 0.1) is 5.69 Å². The summed E-state index contributed by atoms with van der Waals surface area (Å²) in [6.07, 6.45) is 4.84. The molecule has 0 N–H and O–H groups in total. The summed E-state index contributed by atoms with van der Waals surface area (Å²) in [5, 5.41) is 0.932. The molecule has 6 heteroatoms. The molecule has 2 aromatic heterocycles. The largest absolute Gasteiger partial charge is 0.338 e. The van der Waals surface area contributed by atoms with Crippen LogP contribution in [0.25, 0.3) is 10.6 Å². The fourth-order valence-electron chi connectivity index (χ4n) is 4.44. The average molecular weight is 449 g/mol. The number of carbonyl (C=O) groups excluding carboxylic acids is 1. The second kappa shape index (κ2) is 9.92. The molecular formula is C26H32N4OS. The number of aromatic nitrogens is 2. The van der Waals surface area contributed by atoms with Crippen LogP contribution in [0.2, 0.25) is 0 Å². The second-order valence-corrected chi connectivity index (χ2v) is 9.81. The Bertz CT molecular complexity index is 1070. The molecule has 1 amide bonds. The van der Waals surface area contributed by atoms with Crippen LogP contribution in [0, 0.1) is 20.8 Å². The van der Waals surface area contributed by atoms with Crippen LogP contribution in [0.1, 0.15) is 45.0 Å². The Morgan fingerprint density at radius 2 is 1.94 bits per heavy atom. The topological polar surface area (TPSA) is 49.3 Å². The molecule has 1 aliphatic rings. The lowest BCUT2D eigenvalue weighted by molar-refractivity contribution is 0.0647. The van der Waals surface area contributed by atoms with Crippen LogP contribution < -0.4 is 0 Å². The predicted octanol–water partition coefficient (Wildman–Crippen LogP) is 4.91. The Balaban J connectivity index is 1.36. The molecule has 1 saturated heterocycles. The molecule has 0 spiro atoms. The number of aryl methyl sites for hydroxylation is 3. The Kier molecular flexibility index (Phi) is 7.01. The number of thiazole rings is 1. The van der Waals surface area contributed by atoms with Gasteiger partial charge in [-0.3, -0.25) is 9.78 Å². The van der Waals surface area contributed by atoms with Crippen molar-refractivity contribution in [2.24, 2.45) is 0 Å². The van der Waals surface area contributed by atoms with Gasteiger partial charge in [-0.25, -0.2) is 4.98 Å². The van der Waals surface area contributed by atoms with E-state index in [0.717, 1.165) is 65.7 Å². The third-order valence-electron chi connectivity index (χ3n) is 6.44. The Morgan fingerprint density at radius 1 is 1.16 bits per heavy atom. The summed E-state index contributed by atoms with van der Waals surface area (Å²) in [6, 6.07) is 12.7. The first-order valence-electron chi connectivity index (χ1n) is 11.4. The van der Waals surface area contributed by atoms with Gasteiger partial charge in [-0.2, -0.15) is 0 Å². The van der Waals surface area contributed by atoms with E-state index in [0.29, 0.717) is 0 Å². The third kappa shape index (κ3) is 5.08. The summed E-state index contributed by atoms with van der Waals surface area (Å²) >= 11 is 1.52. The lowest BCUT2D eigenvalue weighted by atomic mass is 10.0. The summed E-state index contributed by atoms with van der Waals surface area (Å²) in [6.45, 7) is 9.21. The van der Waals surface area contributed by atoms with E-state index in [4.69, 9.17) is 4.98 Å². The van der Waals surface area contributed by atoms with E-state index in [1.807, 2.05) is 37.2 Å². The number of nitrogens with zero attached hydrogens (tertiary/aromatic N) is 4. The van der Waals surface area contributed by atoms with Gasteiger partial charge in [-0.15, -0.1) is 11.3 Å². The predicted molar refractivity (Wildman–Crippen MR) is 131 cm³/mol. The first kappa shape index (κ1) is 22.6. The van der Waals surface area contributed by atoms with E-state index in [1.165, 1.54) is 22.5 Å². The van der Waals surface area contributed by atoms with E-state index in [1.54, 1.807) is 0 Å². The number of amides is 1. The lowest BCUT2D eigenvalue weighted by Gasteiger charge is -2.36. The SMILES string of the molecule is Cc1ccc(-c2nc(C)c(C(=O)N(C)C3CCN(CCc4ccccn4)CC3)s2)c(C)c1. The zero-order chi connectivity index (χ0) is 22.7. The van der Waals surface area contributed by atoms with Crippen molar-refractivity contribution in [3.8, 4) is 10.6 Å². The first-order chi connectivity index (χ1) is 15.4. The monoisotopic (exact) mass is 448 g/mol. The molecule has 0 bridgehead atoms. The third-order valence-corrected chi connectivity index (χ3v) is 7.62. The fourth-order valence-corrected chi connectivity index (χ4v) is 5.58. The number of pyridine rings is 1. The zero-order valence-electron chi connectivity index (χ0n) is 19.5. The minimum absolute atomic E-state index is 0.1000. The smallest absolute Gasteiger partial charge is 0.265 e. The quantitative estimate of drug-likeness (QED) is 0.538. The van der Waals surface area contributed by atoms with Crippen LogP contribution in [0.3, 0.4) is 0 Å².